The summed E-state index contributed by atoms with van der Waals surface area (Å²) in [7, 11) is 1.31. The molecular formula is C27H27ClFN3O5. The van der Waals surface area contributed by atoms with Gasteiger partial charge in [0.05, 0.1) is 18.6 Å². The molecule has 2 amide bonds. The predicted molar refractivity (Wildman–Crippen MR) is 136 cm³/mol. The van der Waals surface area contributed by atoms with Gasteiger partial charge in [0.25, 0.3) is 0 Å². The van der Waals surface area contributed by atoms with Gasteiger partial charge in [-0.1, -0.05) is 35.9 Å². The number of carbonyl (C=O) groups is 4. The molecule has 0 aliphatic carbocycles. The first-order valence-electron chi connectivity index (χ1n) is 11.9. The summed E-state index contributed by atoms with van der Waals surface area (Å²) >= 11 is 5.82. The molecule has 37 heavy (non-hydrogen) atoms. The molecule has 2 heterocycles. The van der Waals surface area contributed by atoms with Crippen LogP contribution in [0.3, 0.4) is 0 Å². The largest absolute Gasteiger partial charge is 0.469 e. The number of hydrogen-bond acceptors (Lipinski definition) is 5. The van der Waals surface area contributed by atoms with Crippen LogP contribution in [0.15, 0.2) is 42.6 Å². The number of rotatable bonds is 8. The van der Waals surface area contributed by atoms with Crippen molar-refractivity contribution in [1.82, 2.24) is 14.8 Å². The standard InChI is InChI=1S/C27H27ClFN3O5/c1-16(33)20-14-31(23-11-17(8-9-19(20)23)12-25(35)37-2)15-24(34)32-10-4-7-22(32)27(36)30-13-18-5-3-6-21(28)26(18)29/h3,5-6,8-9,11,14,22H,4,7,10,12-13,15H2,1-2H3,(H,30,36)/t22-/m0/s1. The van der Waals surface area contributed by atoms with Crippen LogP contribution in [-0.4, -0.2) is 52.7 Å². The van der Waals surface area contributed by atoms with Crippen LogP contribution in [0.25, 0.3) is 10.9 Å². The topological polar surface area (TPSA) is 97.7 Å². The Labute approximate surface area is 218 Å². The van der Waals surface area contributed by atoms with Crippen LogP contribution in [0.5, 0.6) is 0 Å². The van der Waals surface area contributed by atoms with E-state index in [4.69, 9.17) is 16.3 Å². The Morgan fingerprint density at radius 2 is 1.97 bits per heavy atom. The summed E-state index contributed by atoms with van der Waals surface area (Å²) in [5, 5.41) is 3.36. The van der Waals surface area contributed by atoms with E-state index in [1.807, 2.05) is 0 Å². The molecule has 194 valence electrons. The number of hydrogen-bond donors (Lipinski definition) is 1. The van der Waals surface area contributed by atoms with E-state index in [1.54, 1.807) is 35.0 Å². The fourth-order valence-electron chi connectivity index (χ4n) is 4.66. The molecule has 1 atom stereocenters. The molecule has 1 aromatic heterocycles. The van der Waals surface area contributed by atoms with Gasteiger partial charge in [-0.25, -0.2) is 4.39 Å². The van der Waals surface area contributed by atoms with Crippen LogP contribution in [0, 0.1) is 5.82 Å². The SMILES string of the molecule is COC(=O)Cc1ccc2c(C(C)=O)cn(CC(=O)N3CCC[C@H]3C(=O)NCc3cccc(Cl)c3F)c2c1. The summed E-state index contributed by atoms with van der Waals surface area (Å²) in [6, 6.07) is 9.16. The minimum absolute atomic E-state index is 0.0250. The molecule has 1 saturated heterocycles. The molecule has 8 nitrogen and oxygen atoms in total. The van der Waals surface area contributed by atoms with Crippen molar-refractivity contribution in [2.75, 3.05) is 13.7 Å². The Morgan fingerprint density at radius 3 is 2.70 bits per heavy atom. The Hall–Kier alpha value is -3.72. The van der Waals surface area contributed by atoms with Crippen molar-refractivity contribution in [2.45, 2.75) is 45.3 Å². The Bertz CT molecular complexity index is 1390. The number of Topliss-reactive ketones (excluding diaryl/α,β-unsaturated/α-hetero) is 1. The molecule has 2 aromatic carbocycles. The number of halogens is 2. The van der Waals surface area contributed by atoms with Crippen molar-refractivity contribution >= 4 is 46.1 Å². The summed E-state index contributed by atoms with van der Waals surface area (Å²) in [4.78, 5) is 51.7. The molecule has 1 aliphatic rings. The van der Waals surface area contributed by atoms with Crippen molar-refractivity contribution in [1.29, 1.82) is 0 Å². The first kappa shape index (κ1) is 26.3. The number of likely N-dealkylation sites (tertiary alicyclic amines) is 1. The molecular weight excluding hydrogens is 501 g/mol. The first-order chi connectivity index (χ1) is 17.7. The maximum atomic E-state index is 14.2. The lowest BCUT2D eigenvalue weighted by molar-refractivity contribution is -0.139. The minimum Gasteiger partial charge on any atom is -0.469 e. The van der Waals surface area contributed by atoms with Crippen LogP contribution >= 0.6 is 11.6 Å². The van der Waals surface area contributed by atoms with E-state index in [0.717, 1.165) is 0 Å². The van der Waals surface area contributed by atoms with E-state index in [-0.39, 0.29) is 47.7 Å². The number of methoxy groups -OCH3 is 1. The Morgan fingerprint density at radius 1 is 1.19 bits per heavy atom. The van der Waals surface area contributed by atoms with Gasteiger partial charge in [-0.05, 0) is 37.5 Å². The predicted octanol–water partition coefficient (Wildman–Crippen LogP) is 3.66. The van der Waals surface area contributed by atoms with Gasteiger partial charge in [-0.15, -0.1) is 0 Å². The highest BCUT2D eigenvalue weighted by atomic mass is 35.5. The van der Waals surface area contributed by atoms with Gasteiger partial charge in [0.2, 0.25) is 11.8 Å². The highest BCUT2D eigenvalue weighted by molar-refractivity contribution is 6.30. The second-order valence-electron chi connectivity index (χ2n) is 9.01. The zero-order valence-electron chi connectivity index (χ0n) is 20.6. The number of benzene rings is 2. The summed E-state index contributed by atoms with van der Waals surface area (Å²) < 4.78 is 20.6. The van der Waals surface area contributed by atoms with Gasteiger partial charge in [-0.3, -0.25) is 19.2 Å². The van der Waals surface area contributed by atoms with Gasteiger partial charge in [-0.2, -0.15) is 0 Å². The number of nitrogens with zero attached hydrogens (tertiary/aromatic N) is 2. The lowest BCUT2D eigenvalue weighted by Gasteiger charge is -2.24. The lowest BCUT2D eigenvalue weighted by atomic mass is 10.1. The monoisotopic (exact) mass is 527 g/mol. The average Bonchev–Trinajstić information content (AvgIpc) is 3.50. The number of nitrogens with one attached hydrogen (secondary N) is 1. The number of ether oxygens (including phenoxy) is 1. The van der Waals surface area contributed by atoms with Gasteiger partial charge in [0.1, 0.15) is 18.4 Å². The van der Waals surface area contributed by atoms with Crippen molar-refractivity contribution in [2.24, 2.45) is 0 Å². The van der Waals surface area contributed by atoms with E-state index in [0.29, 0.717) is 41.4 Å². The highest BCUT2D eigenvalue weighted by Gasteiger charge is 2.34. The van der Waals surface area contributed by atoms with Crippen LogP contribution < -0.4 is 5.32 Å². The zero-order chi connectivity index (χ0) is 26.7. The number of aromatic nitrogens is 1. The van der Waals surface area contributed by atoms with Gasteiger partial charge in [0.15, 0.2) is 5.78 Å². The molecule has 1 aliphatic heterocycles. The van der Waals surface area contributed by atoms with Crippen LogP contribution in [0.1, 0.15) is 41.3 Å². The Balaban J connectivity index is 1.52. The van der Waals surface area contributed by atoms with Gasteiger partial charge >= 0.3 is 5.97 Å². The van der Waals surface area contributed by atoms with E-state index in [2.05, 4.69) is 5.32 Å². The third-order valence-electron chi connectivity index (χ3n) is 6.57. The molecule has 0 unspecified atom stereocenters. The van der Waals surface area contributed by atoms with E-state index < -0.39 is 17.8 Å². The number of esters is 1. The van der Waals surface area contributed by atoms with E-state index in [1.165, 1.54) is 31.1 Å². The zero-order valence-corrected chi connectivity index (χ0v) is 21.3. The first-order valence-corrected chi connectivity index (χ1v) is 12.3. The fourth-order valence-corrected chi connectivity index (χ4v) is 4.85. The highest BCUT2D eigenvalue weighted by Crippen LogP contribution is 2.26. The van der Waals surface area contributed by atoms with Crippen LogP contribution in [0.2, 0.25) is 5.02 Å². The van der Waals surface area contributed by atoms with Crippen molar-refractivity contribution in [3.05, 3.63) is 70.1 Å². The van der Waals surface area contributed by atoms with E-state index >= 15 is 0 Å². The summed E-state index contributed by atoms with van der Waals surface area (Å²) in [6.07, 6.45) is 2.83. The molecule has 1 N–H and O–H groups in total. The van der Waals surface area contributed by atoms with E-state index in [9.17, 15) is 23.6 Å². The molecule has 1 fully saturated rings. The van der Waals surface area contributed by atoms with Crippen LogP contribution in [-0.2, 0) is 38.6 Å². The van der Waals surface area contributed by atoms with Gasteiger partial charge < -0.3 is 19.5 Å². The second kappa shape index (κ2) is 11.1. The maximum absolute atomic E-state index is 14.2. The lowest BCUT2D eigenvalue weighted by Crippen LogP contribution is -2.46. The van der Waals surface area contributed by atoms with Crippen molar-refractivity contribution < 1.29 is 28.3 Å². The average molecular weight is 528 g/mol. The van der Waals surface area contributed by atoms with Crippen molar-refractivity contribution in [3.63, 3.8) is 0 Å². The summed E-state index contributed by atoms with van der Waals surface area (Å²) in [5.74, 6) is -1.78. The van der Waals surface area contributed by atoms with Crippen molar-refractivity contribution in [3.8, 4) is 0 Å². The number of fused-ring (bicyclic) bond motifs is 1. The molecule has 0 bridgehead atoms. The fraction of sp³-hybridized carbons (Fsp3) is 0.333. The summed E-state index contributed by atoms with van der Waals surface area (Å²) in [5.41, 5.74) is 2.05. The maximum Gasteiger partial charge on any atom is 0.309 e. The molecule has 0 saturated carbocycles. The smallest absolute Gasteiger partial charge is 0.309 e. The second-order valence-corrected chi connectivity index (χ2v) is 9.41. The quantitative estimate of drug-likeness (QED) is 0.356. The third kappa shape index (κ3) is 5.67. The Kier molecular flexibility index (Phi) is 7.92. The molecule has 0 radical (unpaired) electrons. The molecule has 0 spiro atoms. The minimum atomic E-state index is -0.682. The van der Waals surface area contributed by atoms with Crippen LogP contribution in [0.4, 0.5) is 4.39 Å². The molecule has 10 heteroatoms. The molecule has 3 aromatic rings. The molecule has 4 rings (SSSR count). The number of carbonyl (C=O) groups excluding carboxylic acids is 4. The number of amides is 2. The van der Waals surface area contributed by atoms with Gasteiger partial charge in [0, 0.05) is 41.3 Å². The third-order valence-corrected chi connectivity index (χ3v) is 6.86. The summed E-state index contributed by atoms with van der Waals surface area (Å²) in [6.45, 7) is 1.73. The number of ketones is 1. The normalized spacial score (nSPS) is 15.1.